The molecule has 0 aliphatic carbocycles. The van der Waals surface area contributed by atoms with E-state index in [1.54, 1.807) is 0 Å². The van der Waals surface area contributed by atoms with Gasteiger partial charge in [-0.1, -0.05) is 0 Å². The van der Waals surface area contributed by atoms with Gasteiger partial charge in [0, 0.05) is 15.5 Å². The SMILES string of the molecule is O=P([O-])([O-])N(O)P(=O)([O-])[O-].[Na+].[Na+].[Na+].[Na+]. The van der Waals surface area contributed by atoms with E-state index in [2.05, 4.69) is 0 Å². The molecule has 8 nitrogen and oxygen atoms in total. The molecule has 0 aliphatic heterocycles. The van der Waals surface area contributed by atoms with Gasteiger partial charge in [0.15, 0.2) is 0 Å². The van der Waals surface area contributed by atoms with E-state index in [0.717, 1.165) is 0 Å². The van der Waals surface area contributed by atoms with E-state index in [1.165, 1.54) is 0 Å². The molecule has 0 unspecified atom stereocenters. The molecule has 0 fully saturated rings. The molecule has 0 saturated carbocycles. The molecule has 14 heavy (non-hydrogen) atoms. The van der Waals surface area contributed by atoms with E-state index in [1.807, 2.05) is 0 Å². The maximum absolute atomic E-state index is 9.55. The van der Waals surface area contributed by atoms with E-state index < -0.39 is 20.1 Å². The topological polar surface area (TPSA) is 150 Å². The summed E-state index contributed by atoms with van der Waals surface area (Å²) in [6.07, 6.45) is 0. The summed E-state index contributed by atoms with van der Waals surface area (Å²) >= 11 is 0. The van der Waals surface area contributed by atoms with Gasteiger partial charge < -0.3 is 33.9 Å². The van der Waals surface area contributed by atoms with Gasteiger partial charge in [0.2, 0.25) is 0 Å². The van der Waals surface area contributed by atoms with Crippen molar-refractivity contribution in [2.45, 2.75) is 0 Å². The molecule has 0 radical (unpaired) electrons. The maximum atomic E-state index is 9.55. The number of hydrogen-bond acceptors (Lipinski definition) is 7. The van der Waals surface area contributed by atoms with Crippen LogP contribution in [0.3, 0.4) is 0 Å². The Hall–Kier alpha value is 4.22. The van der Waals surface area contributed by atoms with Crippen molar-refractivity contribution in [3.8, 4) is 0 Å². The summed E-state index contributed by atoms with van der Waals surface area (Å²) < 4.78 is 17.4. The molecule has 0 aromatic rings. The molecule has 0 rings (SSSR count). The van der Waals surface area contributed by atoms with Gasteiger partial charge in [0.05, 0.1) is 0 Å². The minimum Gasteiger partial charge on any atom is -0.797 e. The van der Waals surface area contributed by atoms with Crippen molar-refractivity contribution in [3.05, 3.63) is 0 Å². The van der Waals surface area contributed by atoms with Crippen molar-refractivity contribution in [1.82, 2.24) is 4.60 Å². The summed E-state index contributed by atoms with van der Waals surface area (Å²) in [5.74, 6) is 0. The standard InChI is InChI=1S/H5NO7P2.4Na/c2-1(9(3,4)5)10(6,7)8;;;;/h2H,(H2,3,4,5)(H2,6,7,8);;;;/q;4*+1/p-4. The van der Waals surface area contributed by atoms with Crippen LogP contribution in [-0.4, -0.2) is 9.81 Å². The Morgan fingerprint density at radius 3 is 0.929 bits per heavy atom. The molecule has 0 amide bonds. The molecule has 0 aliphatic rings. The number of rotatable bonds is 2. The van der Waals surface area contributed by atoms with Crippen molar-refractivity contribution in [1.29, 1.82) is 0 Å². The number of nitrogens with zero attached hydrogens (tertiary/aromatic N) is 1. The van der Waals surface area contributed by atoms with Crippen molar-refractivity contribution < 1.29 is 152 Å². The number of hydrogen-bond donors (Lipinski definition) is 1. The van der Waals surface area contributed by atoms with Crippen LogP contribution < -0.4 is 138 Å². The molecule has 0 aromatic heterocycles. The van der Waals surface area contributed by atoms with Crippen LogP contribution in [0.4, 0.5) is 0 Å². The largest absolute Gasteiger partial charge is 1.00 e. The van der Waals surface area contributed by atoms with Crippen molar-refractivity contribution in [2.24, 2.45) is 0 Å². The van der Waals surface area contributed by atoms with Gasteiger partial charge in [0.1, 0.15) is 0 Å². The van der Waals surface area contributed by atoms with Gasteiger partial charge in [-0.15, -0.1) is 4.60 Å². The van der Waals surface area contributed by atoms with Gasteiger partial charge >= 0.3 is 118 Å². The third kappa shape index (κ3) is 14.3. The molecule has 0 spiro atoms. The van der Waals surface area contributed by atoms with Gasteiger partial charge in [-0.2, -0.15) is 0 Å². The van der Waals surface area contributed by atoms with Crippen molar-refractivity contribution >= 4 is 15.5 Å². The van der Waals surface area contributed by atoms with Crippen LogP contribution in [-0.2, 0) is 9.13 Å². The minimum atomic E-state index is -5.88. The summed E-state index contributed by atoms with van der Waals surface area (Å²) in [7, 11) is -11.8. The van der Waals surface area contributed by atoms with Gasteiger partial charge in [-0.25, -0.2) is 0 Å². The van der Waals surface area contributed by atoms with Gasteiger partial charge in [0.25, 0.3) is 0 Å². The zero-order valence-electron chi connectivity index (χ0n) is 8.24. The van der Waals surface area contributed by atoms with Crippen LogP contribution in [0.1, 0.15) is 0 Å². The molecule has 0 atom stereocenters. The average molecular weight is 281 g/mol. The molecular formula is HNNa4O7P2. The molecule has 0 saturated heterocycles. The van der Waals surface area contributed by atoms with E-state index in [9.17, 15) is 28.7 Å². The van der Waals surface area contributed by atoms with E-state index >= 15 is 0 Å². The smallest absolute Gasteiger partial charge is 0.797 e. The van der Waals surface area contributed by atoms with Crippen LogP contribution in [0.15, 0.2) is 0 Å². The Labute approximate surface area is 169 Å². The fourth-order valence-electron chi connectivity index (χ4n) is 0.134. The van der Waals surface area contributed by atoms with E-state index in [-0.39, 0.29) is 118 Å². The maximum Gasteiger partial charge on any atom is 1.00 e. The third-order valence-electron chi connectivity index (χ3n) is 0.438. The molecule has 0 aromatic carbocycles. The average Bonchev–Trinajstić information content (AvgIpc) is 1.59. The zero-order chi connectivity index (χ0) is 8.58. The Morgan fingerprint density at radius 2 is 0.929 bits per heavy atom. The minimum absolute atomic E-state index is 0. The predicted octanol–water partition coefficient (Wildman–Crippen LogP) is -15.6. The summed E-state index contributed by atoms with van der Waals surface area (Å²) in [4.78, 5) is 38.2. The molecule has 62 valence electrons. The monoisotopic (exact) mass is 281 g/mol. The Balaban J connectivity index is -0.0000000675. The summed E-state index contributed by atoms with van der Waals surface area (Å²) in [6, 6.07) is 0. The Kier molecular flexibility index (Phi) is 27.1. The Morgan fingerprint density at radius 1 is 0.786 bits per heavy atom. The van der Waals surface area contributed by atoms with Gasteiger partial charge in [-0.05, 0) is 0 Å². The van der Waals surface area contributed by atoms with Gasteiger partial charge in [-0.3, -0.25) is 0 Å². The summed E-state index contributed by atoms with van der Waals surface area (Å²) in [5, 5.41) is 7.78. The first-order valence-corrected chi connectivity index (χ1v) is 4.69. The fourth-order valence-corrected chi connectivity index (χ4v) is 1.21. The zero-order valence-corrected chi connectivity index (χ0v) is 18.0. The Bertz CT molecular complexity index is 186. The summed E-state index contributed by atoms with van der Waals surface area (Å²) in [6.45, 7) is 0. The van der Waals surface area contributed by atoms with Crippen LogP contribution in [0.2, 0.25) is 0 Å². The van der Waals surface area contributed by atoms with Crippen molar-refractivity contribution in [3.63, 3.8) is 0 Å². The molecule has 0 bridgehead atoms. The van der Waals surface area contributed by atoms with Crippen LogP contribution in [0.5, 0.6) is 0 Å². The predicted molar refractivity (Wildman–Crippen MR) is 18.8 cm³/mol. The van der Waals surface area contributed by atoms with E-state index in [0.29, 0.717) is 0 Å². The first kappa shape index (κ1) is 30.9. The molecule has 1 N–H and O–H groups in total. The van der Waals surface area contributed by atoms with Crippen LogP contribution in [0.25, 0.3) is 0 Å². The first-order valence-electron chi connectivity index (χ1n) is 1.70. The van der Waals surface area contributed by atoms with Crippen LogP contribution >= 0.6 is 15.5 Å². The van der Waals surface area contributed by atoms with Crippen molar-refractivity contribution in [2.75, 3.05) is 0 Å². The second-order valence-electron chi connectivity index (χ2n) is 1.21. The molecule has 0 heterocycles. The second-order valence-corrected chi connectivity index (χ2v) is 4.15. The summed E-state index contributed by atoms with van der Waals surface area (Å²) in [5.41, 5.74) is 0. The quantitative estimate of drug-likeness (QED) is 0.297. The second kappa shape index (κ2) is 12.3. The molecular weight excluding hydrogens is 280 g/mol. The third-order valence-corrected chi connectivity index (χ3v) is 2.63. The molecule has 14 heteroatoms. The fraction of sp³-hybridized carbons (Fsp3) is 0. The first-order chi connectivity index (χ1) is 4.15. The van der Waals surface area contributed by atoms with E-state index in [4.69, 9.17) is 5.21 Å². The normalized spacial score (nSPS) is 10.1. The van der Waals surface area contributed by atoms with Crippen LogP contribution in [0, 0.1) is 0 Å².